The Labute approximate surface area is 107 Å². The van der Waals surface area contributed by atoms with Crippen molar-refractivity contribution < 1.29 is 14.3 Å². The fourth-order valence-electron chi connectivity index (χ4n) is 2.03. The maximum Gasteiger partial charge on any atom is 0.256 e. The fourth-order valence-corrected chi connectivity index (χ4v) is 2.03. The van der Waals surface area contributed by atoms with Crippen LogP contribution in [-0.4, -0.2) is 30.9 Å². The van der Waals surface area contributed by atoms with Crippen LogP contribution in [0.1, 0.15) is 18.9 Å². The molecule has 2 rings (SSSR count). The van der Waals surface area contributed by atoms with E-state index in [0.717, 1.165) is 11.3 Å². The highest BCUT2D eigenvalue weighted by Gasteiger charge is 2.31. The lowest BCUT2D eigenvalue weighted by atomic mass is 10.1. The normalized spacial score (nSPS) is 20.0. The van der Waals surface area contributed by atoms with Gasteiger partial charge in [0, 0.05) is 18.7 Å². The van der Waals surface area contributed by atoms with Gasteiger partial charge in [-0.1, -0.05) is 17.7 Å². The maximum atomic E-state index is 12.2. The van der Waals surface area contributed by atoms with Crippen molar-refractivity contribution in [1.82, 2.24) is 0 Å². The number of hydrogen-bond donors (Lipinski definition) is 0. The van der Waals surface area contributed by atoms with E-state index < -0.39 is 6.10 Å². The van der Waals surface area contributed by atoms with Crippen molar-refractivity contribution in [2.24, 2.45) is 0 Å². The molecule has 0 N–H and O–H groups in total. The van der Waals surface area contributed by atoms with Gasteiger partial charge in [0.2, 0.25) is 0 Å². The first-order valence-electron chi connectivity index (χ1n) is 6.07. The zero-order chi connectivity index (χ0) is 13.1. The van der Waals surface area contributed by atoms with Gasteiger partial charge in [0.15, 0.2) is 0 Å². The van der Waals surface area contributed by atoms with Crippen molar-refractivity contribution in [1.29, 1.82) is 0 Å². The molecule has 1 aromatic rings. The number of carbonyl (C=O) groups is 2. The van der Waals surface area contributed by atoms with Crippen LogP contribution in [0.5, 0.6) is 0 Å². The van der Waals surface area contributed by atoms with Crippen LogP contribution in [0.15, 0.2) is 24.3 Å². The molecule has 1 aromatic carbocycles. The van der Waals surface area contributed by atoms with E-state index in [1.165, 1.54) is 6.92 Å². The fraction of sp³-hybridized carbons (Fsp3) is 0.429. The summed E-state index contributed by atoms with van der Waals surface area (Å²) in [6.07, 6.45) is -0.473. The van der Waals surface area contributed by atoms with Crippen molar-refractivity contribution in [2.75, 3.05) is 18.1 Å². The molecule has 1 aliphatic rings. The van der Waals surface area contributed by atoms with E-state index in [0.29, 0.717) is 13.2 Å². The van der Waals surface area contributed by atoms with Gasteiger partial charge < -0.3 is 9.64 Å². The second-order valence-corrected chi connectivity index (χ2v) is 4.59. The van der Waals surface area contributed by atoms with Gasteiger partial charge in [0.25, 0.3) is 5.91 Å². The molecule has 0 aromatic heterocycles. The first kappa shape index (κ1) is 12.8. The minimum Gasteiger partial charge on any atom is -0.366 e. The van der Waals surface area contributed by atoms with E-state index in [-0.39, 0.29) is 18.1 Å². The molecule has 0 bridgehead atoms. The number of hydrogen-bond acceptors (Lipinski definition) is 3. The van der Waals surface area contributed by atoms with Gasteiger partial charge in [0.1, 0.15) is 11.9 Å². The SMILES string of the molecule is CC(=O)C[C@H]1OCCN(c2ccc(C)cc2)C1=O. The highest BCUT2D eigenvalue weighted by atomic mass is 16.5. The van der Waals surface area contributed by atoms with Crippen molar-refractivity contribution in [3.05, 3.63) is 29.8 Å². The van der Waals surface area contributed by atoms with Gasteiger partial charge in [-0.3, -0.25) is 9.59 Å². The zero-order valence-electron chi connectivity index (χ0n) is 10.7. The number of rotatable bonds is 3. The molecular weight excluding hydrogens is 230 g/mol. The van der Waals surface area contributed by atoms with E-state index >= 15 is 0 Å². The molecule has 1 fully saturated rings. The molecule has 4 nitrogen and oxygen atoms in total. The summed E-state index contributed by atoms with van der Waals surface area (Å²) in [7, 11) is 0. The van der Waals surface area contributed by atoms with Crippen LogP contribution < -0.4 is 4.90 Å². The Kier molecular flexibility index (Phi) is 3.77. The third kappa shape index (κ3) is 2.76. The van der Waals surface area contributed by atoms with E-state index in [2.05, 4.69) is 0 Å². The third-order valence-corrected chi connectivity index (χ3v) is 2.99. The van der Waals surface area contributed by atoms with Gasteiger partial charge in [0.05, 0.1) is 6.61 Å². The molecule has 18 heavy (non-hydrogen) atoms. The van der Waals surface area contributed by atoms with E-state index in [4.69, 9.17) is 4.74 Å². The summed E-state index contributed by atoms with van der Waals surface area (Å²) in [5.74, 6) is -0.153. The number of benzene rings is 1. The summed E-state index contributed by atoms with van der Waals surface area (Å²) in [5, 5.41) is 0. The average Bonchev–Trinajstić information content (AvgIpc) is 2.33. The second-order valence-electron chi connectivity index (χ2n) is 4.59. The second kappa shape index (κ2) is 5.31. The maximum absolute atomic E-state index is 12.2. The Hall–Kier alpha value is -1.68. The Morgan fingerprint density at radius 1 is 1.39 bits per heavy atom. The summed E-state index contributed by atoms with van der Waals surface area (Å²) >= 11 is 0. The van der Waals surface area contributed by atoms with Gasteiger partial charge in [-0.15, -0.1) is 0 Å². The molecular formula is C14H17NO3. The number of ether oxygens (including phenoxy) is 1. The summed E-state index contributed by atoms with van der Waals surface area (Å²) < 4.78 is 5.36. The highest BCUT2D eigenvalue weighted by Crippen LogP contribution is 2.20. The van der Waals surface area contributed by atoms with Gasteiger partial charge >= 0.3 is 0 Å². The largest absolute Gasteiger partial charge is 0.366 e. The van der Waals surface area contributed by atoms with Crippen LogP contribution in [0.3, 0.4) is 0 Å². The number of nitrogens with zero attached hydrogens (tertiary/aromatic N) is 1. The minimum absolute atomic E-state index is 0.0286. The quantitative estimate of drug-likeness (QED) is 0.816. The predicted molar refractivity (Wildman–Crippen MR) is 68.6 cm³/mol. The number of carbonyl (C=O) groups excluding carboxylic acids is 2. The Morgan fingerprint density at radius 2 is 2.06 bits per heavy atom. The smallest absolute Gasteiger partial charge is 0.256 e. The number of ketones is 1. The lowest BCUT2D eigenvalue weighted by molar-refractivity contribution is -0.138. The van der Waals surface area contributed by atoms with Crippen molar-refractivity contribution >= 4 is 17.4 Å². The van der Waals surface area contributed by atoms with Crippen molar-refractivity contribution in [3.63, 3.8) is 0 Å². The molecule has 0 unspecified atom stereocenters. The van der Waals surface area contributed by atoms with Crippen LogP contribution in [0.2, 0.25) is 0 Å². The molecule has 0 saturated carbocycles. The Morgan fingerprint density at radius 3 is 2.67 bits per heavy atom. The summed E-state index contributed by atoms with van der Waals surface area (Å²) in [4.78, 5) is 25.0. The number of aryl methyl sites for hydroxylation is 1. The van der Waals surface area contributed by atoms with Crippen LogP contribution in [-0.2, 0) is 14.3 Å². The third-order valence-electron chi connectivity index (χ3n) is 2.99. The van der Waals surface area contributed by atoms with Crippen molar-refractivity contribution in [3.8, 4) is 0 Å². The first-order valence-corrected chi connectivity index (χ1v) is 6.07. The van der Waals surface area contributed by atoms with Gasteiger partial charge in [-0.2, -0.15) is 0 Å². The predicted octanol–water partition coefficient (Wildman–Crippen LogP) is 1.71. The molecule has 1 heterocycles. The molecule has 1 atom stereocenters. The van der Waals surface area contributed by atoms with Crippen LogP contribution in [0.25, 0.3) is 0 Å². The molecule has 4 heteroatoms. The topological polar surface area (TPSA) is 46.6 Å². The number of Topliss-reactive ketones (excluding diaryl/α,β-unsaturated/α-hetero) is 1. The number of anilines is 1. The number of amides is 1. The van der Waals surface area contributed by atoms with E-state index in [9.17, 15) is 9.59 Å². The van der Waals surface area contributed by atoms with Crippen molar-refractivity contribution in [2.45, 2.75) is 26.4 Å². The summed E-state index contributed by atoms with van der Waals surface area (Å²) in [5.41, 5.74) is 2.02. The molecule has 1 saturated heterocycles. The zero-order valence-corrected chi connectivity index (χ0v) is 10.7. The Balaban J connectivity index is 2.15. The molecule has 96 valence electrons. The number of morpholine rings is 1. The van der Waals surface area contributed by atoms with Gasteiger partial charge in [-0.05, 0) is 26.0 Å². The standard InChI is InChI=1S/C14H17NO3/c1-10-3-5-12(6-4-10)15-7-8-18-13(14(15)17)9-11(2)16/h3-6,13H,7-9H2,1-2H3/t13-/m1/s1. The van der Waals surface area contributed by atoms with Crippen LogP contribution >= 0.6 is 0 Å². The summed E-state index contributed by atoms with van der Waals surface area (Å²) in [6, 6.07) is 7.78. The molecule has 1 amide bonds. The van der Waals surface area contributed by atoms with Crippen LogP contribution in [0, 0.1) is 6.92 Å². The van der Waals surface area contributed by atoms with Gasteiger partial charge in [-0.25, -0.2) is 0 Å². The molecule has 1 aliphatic heterocycles. The lowest BCUT2D eigenvalue weighted by Crippen LogP contribution is -2.48. The molecule has 0 aliphatic carbocycles. The van der Waals surface area contributed by atoms with E-state index in [1.54, 1.807) is 4.90 Å². The molecule has 0 spiro atoms. The summed E-state index contributed by atoms with van der Waals surface area (Å²) in [6.45, 7) is 4.48. The minimum atomic E-state index is -0.627. The molecule has 0 radical (unpaired) electrons. The van der Waals surface area contributed by atoms with Crippen LogP contribution in [0.4, 0.5) is 5.69 Å². The first-order chi connectivity index (χ1) is 8.58. The highest BCUT2D eigenvalue weighted by molar-refractivity contribution is 5.99. The lowest BCUT2D eigenvalue weighted by Gasteiger charge is -2.32. The average molecular weight is 247 g/mol. The van der Waals surface area contributed by atoms with E-state index in [1.807, 2.05) is 31.2 Å². The Bertz CT molecular complexity index is 453. The monoisotopic (exact) mass is 247 g/mol.